The molecule has 0 aliphatic carbocycles. The van der Waals surface area contributed by atoms with Crippen molar-refractivity contribution in [2.75, 3.05) is 33.2 Å². The lowest BCUT2D eigenvalue weighted by atomic mass is 9.93. The summed E-state index contributed by atoms with van der Waals surface area (Å²) in [5, 5.41) is 16.6. The van der Waals surface area contributed by atoms with E-state index >= 15 is 0 Å². The third kappa shape index (κ3) is 6.34. The molecule has 8 nitrogen and oxygen atoms in total. The van der Waals surface area contributed by atoms with Crippen molar-refractivity contribution < 1.29 is 14.5 Å². The van der Waals surface area contributed by atoms with Crippen molar-refractivity contribution in [2.24, 2.45) is 5.92 Å². The van der Waals surface area contributed by atoms with E-state index in [4.69, 9.17) is 11.6 Å². The molecule has 1 saturated heterocycles. The van der Waals surface area contributed by atoms with Crippen molar-refractivity contribution >= 4 is 41.5 Å². The van der Waals surface area contributed by atoms with E-state index in [0.29, 0.717) is 19.0 Å². The van der Waals surface area contributed by atoms with E-state index in [0.717, 1.165) is 25.8 Å². The van der Waals surface area contributed by atoms with Gasteiger partial charge >= 0.3 is 0 Å². The highest BCUT2D eigenvalue weighted by Crippen LogP contribution is 2.26. The van der Waals surface area contributed by atoms with Gasteiger partial charge in [-0.25, -0.2) is 0 Å². The van der Waals surface area contributed by atoms with Gasteiger partial charge in [0, 0.05) is 19.2 Å². The van der Waals surface area contributed by atoms with E-state index in [2.05, 4.69) is 10.6 Å². The minimum Gasteiger partial charge on any atom is -0.343 e. The zero-order valence-corrected chi connectivity index (χ0v) is 16.6. The Kier molecular flexibility index (Phi) is 9.48. The normalized spacial score (nSPS) is 14.4. The Morgan fingerprint density at radius 2 is 2.00 bits per heavy atom. The molecular weight excluding hydrogens is 395 g/mol. The number of halogens is 2. The van der Waals surface area contributed by atoms with Crippen LogP contribution in [0.5, 0.6) is 0 Å². The molecule has 0 radical (unpaired) electrons. The lowest BCUT2D eigenvalue weighted by Gasteiger charge is -2.32. The Bertz CT molecular complexity index is 679. The highest BCUT2D eigenvalue weighted by molar-refractivity contribution is 6.34. The molecule has 1 aliphatic rings. The van der Waals surface area contributed by atoms with Gasteiger partial charge in [0.2, 0.25) is 5.91 Å². The maximum atomic E-state index is 12.3. The molecular formula is C17H24Cl2N4O4. The number of carbonyl (C=O) groups is 2. The van der Waals surface area contributed by atoms with Gasteiger partial charge in [0.05, 0.1) is 16.5 Å². The third-order valence-corrected chi connectivity index (χ3v) is 4.90. The first kappa shape index (κ1) is 23.1. The van der Waals surface area contributed by atoms with Crippen LogP contribution in [0, 0.1) is 16.0 Å². The summed E-state index contributed by atoms with van der Waals surface area (Å²) in [6, 6.07) is 4.01. The Hall–Kier alpha value is -1.90. The number of nitro groups is 1. The maximum absolute atomic E-state index is 12.3. The molecule has 10 heteroatoms. The molecule has 0 saturated carbocycles. The van der Waals surface area contributed by atoms with Crippen LogP contribution in [0.25, 0.3) is 0 Å². The van der Waals surface area contributed by atoms with Crippen molar-refractivity contribution in [3.63, 3.8) is 0 Å². The fraction of sp³-hybridized carbons (Fsp3) is 0.529. The first-order valence-corrected chi connectivity index (χ1v) is 8.95. The van der Waals surface area contributed by atoms with Crippen molar-refractivity contribution in [3.05, 3.63) is 38.9 Å². The molecule has 2 rings (SSSR count). The van der Waals surface area contributed by atoms with E-state index in [1.54, 1.807) is 4.90 Å². The smallest absolute Gasteiger partial charge is 0.283 e. The van der Waals surface area contributed by atoms with E-state index in [1.165, 1.54) is 18.2 Å². The van der Waals surface area contributed by atoms with Crippen LogP contribution >= 0.6 is 24.0 Å². The van der Waals surface area contributed by atoms with Gasteiger partial charge in [-0.3, -0.25) is 19.7 Å². The molecule has 1 heterocycles. The number of hydrogen-bond acceptors (Lipinski definition) is 5. The van der Waals surface area contributed by atoms with Gasteiger partial charge in [-0.05, 0) is 44.8 Å². The summed E-state index contributed by atoms with van der Waals surface area (Å²) in [6.07, 6.45) is 2.97. The second-order valence-electron chi connectivity index (χ2n) is 6.29. The van der Waals surface area contributed by atoms with Crippen LogP contribution < -0.4 is 10.6 Å². The number of piperidine rings is 1. The van der Waals surface area contributed by atoms with E-state index < -0.39 is 10.8 Å². The number of likely N-dealkylation sites (tertiary alicyclic amines) is 1. The quantitative estimate of drug-likeness (QED) is 0.521. The van der Waals surface area contributed by atoms with Crippen LogP contribution in [0.3, 0.4) is 0 Å². The first-order valence-electron chi connectivity index (χ1n) is 8.57. The fourth-order valence-electron chi connectivity index (χ4n) is 3.07. The SMILES string of the molecule is CNCCC1CCN(C(=O)CNC(=O)c2c(Cl)cccc2[N+](=O)[O-])CC1.Cl. The van der Waals surface area contributed by atoms with Crippen molar-refractivity contribution in [3.8, 4) is 0 Å². The van der Waals surface area contributed by atoms with Gasteiger partial charge in [-0.1, -0.05) is 17.7 Å². The van der Waals surface area contributed by atoms with E-state index in [-0.39, 0.29) is 41.1 Å². The average molecular weight is 419 g/mol. The van der Waals surface area contributed by atoms with Gasteiger partial charge in [0.1, 0.15) is 5.56 Å². The zero-order chi connectivity index (χ0) is 19.1. The third-order valence-electron chi connectivity index (χ3n) is 4.59. The molecule has 27 heavy (non-hydrogen) atoms. The topological polar surface area (TPSA) is 105 Å². The predicted octanol–water partition coefficient (Wildman–Crippen LogP) is 2.25. The summed E-state index contributed by atoms with van der Waals surface area (Å²) in [4.78, 5) is 36.7. The van der Waals surface area contributed by atoms with Gasteiger partial charge in [0.15, 0.2) is 0 Å². The molecule has 0 unspecified atom stereocenters. The standard InChI is InChI=1S/C17H23ClN4O4.ClH/c1-19-8-5-12-6-9-21(10-7-12)15(23)11-20-17(24)16-13(18)3-2-4-14(16)22(25)26;/h2-4,12,19H,5-11H2,1H3,(H,20,24);1H. The highest BCUT2D eigenvalue weighted by Gasteiger charge is 2.26. The van der Waals surface area contributed by atoms with Crippen molar-refractivity contribution in [2.45, 2.75) is 19.3 Å². The summed E-state index contributed by atoms with van der Waals surface area (Å²) in [6.45, 7) is 2.08. The number of benzene rings is 1. The maximum Gasteiger partial charge on any atom is 0.283 e. The number of rotatable bonds is 7. The molecule has 2 amide bonds. The lowest BCUT2D eigenvalue weighted by molar-refractivity contribution is -0.385. The Labute approximate surface area is 169 Å². The predicted molar refractivity (Wildman–Crippen MR) is 106 cm³/mol. The number of amides is 2. The fourth-order valence-corrected chi connectivity index (χ4v) is 3.32. The van der Waals surface area contributed by atoms with Crippen molar-refractivity contribution in [1.82, 2.24) is 15.5 Å². The molecule has 1 aromatic rings. The summed E-state index contributed by atoms with van der Waals surface area (Å²) in [7, 11) is 1.92. The van der Waals surface area contributed by atoms with Crippen LogP contribution in [0.1, 0.15) is 29.6 Å². The summed E-state index contributed by atoms with van der Waals surface area (Å²) < 4.78 is 0. The van der Waals surface area contributed by atoms with E-state index in [9.17, 15) is 19.7 Å². The van der Waals surface area contributed by atoms with Gasteiger partial charge in [0.25, 0.3) is 11.6 Å². The molecule has 150 valence electrons. The van der Waals surface area contributed by atoms with Gasteiger partial charge in [-0.2, -0.15) is 0 Å². The first-order chi connectivity index (χ1) is 12.4. The summed E-state index contributed by atoms with van der Waals surface area (Å²) in [5.74, 6) is -0.313. The Balaban J connectivity index is 0.00000364. The molecule has 1 aliphatic heterocycles. The molecule has 0 spiro atoms. The number of hydrogen-bond donors (Lipinski definition) is 2. The van der Waals surface area contributed by atoms with Gasteiger partial charge < -0.3 is 15.5 Å². The minimum absolute atomic E-state index is 0. The lowest BCUT2D eigenvalue weighted by Crippen LogP contribution is -2.44. The molecule has 0 bridgehead atoms. The monoisotopic (exact) mass is 418 g/mol. The molecule has 1 fully saturated rings. The molecule has 0 atom stereocenters. The molecule has 2 N–H and O–H groups in total. The van der Waals surface area contributed by atoms with Crippen LogP contribution in [0.4, 0.5) is 5.69 Å². The van der Waals surface area contributed by atoms with Crippen LogP contribution in [0.15, 0.2) is 18.2 Å². The van der Waals surface area contributed by atoms with E-state index in [1.807, 2.05) is 7.05 Å². The number of nitrogens with one attached hydrogen (secondary N) is 2. The highest BCUT2D eigenvalue weighted by atomic mass is 35.5. The Morgan fingerprint density at radius 1 is 1.33 bits per heavy atom. The molecule has 0 aromatic heterocycles. The summed E-state index contributed by atoms with van der Waals surface area (Å²) >= 11 is 5.92. The van der Waals surface area contributed by atoms with Gasteiger partial charge in [-0.15, -0.1) is 12.4 Å². The Morgan fingerprint density at radius 3 is 2.59 bits per heavy atom. The van der Waals surface area contributed by atoms with Crippen LogP contribution in [-0.4, -0.2) is 54.9 Å². The van der Waals surface area contributed by atoms with Crippen LogP contribution in [-0.2, 0) is 4.79 Å². The largest absolute Gasteiger partial charge is 0.343 e. The number of nitro benzene ring substituents is 1. The second kappa shape index (κ2) is 11.1. The minimum atomic E-state index is -0.723. The average Bonchev–Trinajstić information content (AvgIpc) is 2.64. The number of carbonyl (C=O) groups excluding carboxylic acids is 2. The summed E-state index contributed by atoms with van der Waals surface area (Å²) in [5.41, 5.74) is -0.606. The van der Waals surface area contributed by atoms with Crippen LogP contribution in [0.2, 0.25) is 5.02 Å². The molecule has 1 aromatic carbocycles. The van der Waals surface area contributed by atoms with Crippen molar-refractivity contribution in [1.29, 1.82) is 0 Å². The second-order valence-corrected chi connectivity index (χ2v) is 6.70. The number of nitrogens with zero attached hydrogens (tertiary/aromatic N) is 2. The zero-order valence-electron chi connectivity index (χ0n) is 15.1.